The topological polar surface area (TPSA) is 81.4 Å². The minimum atomic E-state index is -3.34. The van der Waals surface area contributed by atoms with Crippen LogP contribution in [0.4, 0.5) is 5.69 Å². The Balaban J connectivity index is 2.73. The summed E-state index contributed by atoms with van der Waals surface area (Å²) in [4.78, 5) is 0. The zero-order valence-electron chi connectivity index (χ0n) is 10.0. The minimum absolute atomic E-state index is 0.0550. The van der Waals surface area contributed by atoms with Crippen molar-refractivity contribution in [3.05, 3.63) is 29.8 Å². The monoisotopic (exact) mass is 258 g/mol. The summed E-state index contributed by atoms with van der Waals surface area (Å²) >= 11 is 0. The number of hydrogen-bond donors (Lipinski definition) is 2. The molecule has 1 aromatic rings. The summed E-state index contributed by atoms with van der Waals surface area (Å²) in [7, 11) is -1.87. The van der Waals surface area contributed by atoms with E-state index in [1.54, 1.807) is 19.1 Å². The fraction of sp³-hybridized carbons (Fsp3) is 0.455. The molecule has 0 aliphatic heterocycles. The number of nitrogens with one attached hydrogen (secondary N) is 1. The standard InChI is InChI=1S/C11H18N2O3S/c1-9(10-5-3-4-6-11(10)12)13-17(14,15)8-7-16-2/h3-6,9,13H,7-8,12H2,1-2H3. The number of rotatable bonds is 6. The number of para-hydroxylation sites is 1. The molecular weight excluding hydrogens is 240 g/mol. The van der Waals surface area contributed by atoms with Gasteiger partial charge in [0, 0.05) is 18.8 Å². The van der Waals surface area contributed by atoms with Crippen molar-refractivity contribution in [2.45, 2.75) is 13.0 Å². The van der Waals surface area contributed by atoms with Crippen molar-refractivity contribution in [3.8, 4) is 0 Å². The van der Waals surface area contributed by atoms with Gasteiger partial charge in [-0.2, -0.15) is 0 Å². The third-order valence-electron chi connectivity index (χ3n) is 2.38. The van der Waals surface area contributed by atoms with Crippen LogP contribution >= 0.6 is 0 Å². The van der Waals surface area contributed by atoms with Gasteiger partial charge in [0.15, 0.2) is 0 Å². The second-order valence-electron chi connectivity index (χ2n) is 3.78. The lowest BCUT2D eigenvalue weighted by Gasteiger charge is -2.16. The van der Waals surface area contributed by atoms with E-state index in [1.807, 2.05) is 12.1 Å². The van der Waals surface area contributed by atoms with Crippen LogP contribution in [0.3, 0.4) is 0 Å². The van der Waals surface area contributed by atoms with E-state index in [0.717, 1.165) is 5.56 Å². The largest absolute Gasteiger partial charge is 0.398 e. The lowest BCUT2D eigenvalue weighted by atomic mass is 10.1. The number of ether oxygens (including phenoxy) is 1. The molecule has 0 aromatic heterocycles. The average molecular weight is 258 g/mol. The van der Waals surface area contributed by atoms with E-state index in [-0.39, 0.29) is 18.4 Å². The van der Waals surface area contributed by atoms with Crippen molar-refractivity contribution in [2.75, 3.05) is 25.2 Å². The predicted molar refractivity (Wildman–Crippen MR) is 68.1 cm³/mol. The lowest BCUT2D eigenvalue weighted by molar-refractivity contribution is 0.216. The van der Waals surface area contributed by atoms with Gasteiger partial charge in [0.25, 0.3) is 0 Å². The predicted octanol–water partition coefficient (Wildman–Crippen LogP) is 0.896. The van der Waals surface area contributed by atoms with Crippen LogP contribution in [0.15, 0.2) is 24.3 Å². The van der Waals surface area contributed by atoms with Crippen molar-refractivity contribution in [1.82, 2.24) is 4.72 Å². The fourth-order valence-corrected chi connectivity index (χ4v) is 2.66. The molecule has 0 saturated carbocycles. The molecule has 0 heterocycles. The van der Waals surface area contributed by atoms with Crippen molar-refractivity contribution in [3.63, 3.8) is 0 Å². The number of hydrogen-bond acceptors (Lipinski definition) is 4. The first-order chi connectivity index (χ1) is 7.96. The van der Waals surface area contributed by atoms with Gasteiger partial charge in [-0.05, 0) is 18.6 Å². The van der Waals surface area contributed by atoms with E-state index in [1.165, 1.54) is 7.11 Å². The first kappa shape index (κ1) is 14.0. The third kappa shape index (κ3) is 4.33. The fourth-order valence-electron chi connectivity index (χ4n) is 1.49. The van der Waals surface area contributed by atoms with Gasteiger partial charge in [0.1, 0.15) is 0 Å². The highest BCUT2D eigenvalue weighted by Crippen LogP contribution is 2.19. The molecule has 6 heteroatoms. The number of nitrogen functional groups attached to an aromatic ring is 1. The molecule has 0 spiro atoms. The highest BCUT2D eigenvalue weighted by molar-refractivity contribution is 7.89. The molecule has 0 aliphatic rings. The van der Waals surface area contributed by atoms with Crippen LogP contribution < -0.4 is 10.5 Å². The Labute approximate surface area is 102 Å². The molecule has 0 bridgehead atoms. The number of sulfonamides is 1. The first-order valence-electron chi connectivity index (χ1n) is 5.29. The van der Waals surface area contributed by atoms with E-state index in [9.17, 15) is 8.42 Å². The first-order valence-corrected chi connectivity index (χ1v) is 6.95. The Morgan fingerprint density at radius 1 is 1.41 bits per heavy atom. The summed E-state index contributed by atoms with van der Waals surface area (Å²) < 4.78 is 30.6. The van der Waals surface area contributed by atoms with Gasteiger partial charge in [-0.3, -0.25) is 0 Å². The van der Waals surface area contributed by atoms with Crippen LogP contribution in [0.25, 0.3) is 0 Å². The molecule has 5 nitrogen and oxygen atoms in total. The van der Waals surface area contributed by atoms with Crippen LogP contribution in [0.5, 0.6) is 0 Å². The van der Waals surface area contributed by atoms with Gasteiger partial charge in [-0.25, -0.2) is 13.1 Å². The van der Waals surface area contributed by atoms with E-state index in [4.69, 9.17) is 10.5 Å². The van der Waals surface area contributed by atoms with Gasteiger partial charge < -0.3 is 10.5 Å². The molecule has 0 radical (unpaired) electrons. The summed E-state index contributed by atoms with van der Waals surface area (Å²) in [5.41, 5.74) is 7.13. The number of methoxy groups -OCH3 is 1. The summed E-state index contributed by atoms with van der Waals surface area (Å²) in [6, 6.07) is 6.84. The smallest absolute Gasteiger partial charge is 0.214 e. The van der Waals surface area contributed by atoms with Crippen LogP contribution in [-0.4, -0.2) is 27.9 Å². The van der Waals surface area contributed by atoms with Crippen molar-refractivity contribution < 1.29 is 13.2 Å². The number of anilines is 1. The maximum atomic E-state index is 11.7. The zero-order valence-corrected chi connectivity index (χ0v) is 10.8. The Hall–Kier alpha value is -1.11. The molecule has 0 amide bonds. The van der Waals surface area contributed by atoms with Crippen LogP contribution in [0.1, 0.15) is 18.5 Å². The molecular formula is C11H18N2O3S. The second-order valence-corrected chi connectivity index (χ2v) is 5.65. The molecule has 1 atom stereocenters. The summed E-state index contributed by atoms with van der Waals surface area (Å²) in [6.07, 6.45) is 0. The van der Waals surface area contributed by atoms with E-state index in [2.05, 4.69) is 4.72 Å². The highest BCUT2D eigenvalue weighted by Gasteiger charge is 2.16. The quantitative estimate of drug-likeness (QED) is 0.743. The van der Waals surface area contributed by atoms with Crippen LogP contribution in [0, 0.1) is 0 Å². The van der Waals surface area contributed by atoms with Gasteiger partial charge >= 0.3 is 0 Å². The molecule has 96 valence electrons. The van der Waals surface area contributed by atoms with Gasteiger partial charge in [-0.15, -0.1) is 0 Å². The van der Waals surface area contributed by atoms with E-state index >= 15 is 0 Å². The van der Waals surface area contributed by atoms with E-state index in [0.29, 0.717) is 5.69 Å². The Bertz CT molecular complexity index is 460. The molecule has 3 N–H and O–H groups in total. The SMILES string of the molecule is COCCS(=O)(=O)NC(C)c1ccccc1N. The maximum absolute atomic E-state index is 11.7. The van der Waals surface area contributed by atoms with Crippen molar-refractivity contribution in [1.29, 1.82) is 0 Å². The number of nitrogens with two attached hydrogens (primary N) is 1. The molecule has 0 fully saturated rings. The normalized spacial score (nSPS) is 13.5. The molecule has 0 aliphatic carbocycles. The third-order valence-corrected chi connectivity index (χ3v) is 3.79. The van der Waals surface area contributed by atoms with Gasteiger partial charge in [0.2, 0.25) is 10.0 Å². The highest BCUT2D eigenvalue weighted by atomic mass is 32.2. The number of benzene rings is 1. The summed E-state index contributed by atoms with van der Waals surface area (Å²) in [6.45, 7) is 1.93. The minimum Gasteiger partial charge on any atom is -0.398 e. The molecule has 17 heavy (non-hydrogen) atoms. The Morgan fingerprint density at radius 3 is 2.65 bits per heavy atom. The molecule has 1 aromatic carbocycles. The van der Waals surface area contributed by atoms with Crippen LogP contribution in [-0.2, 0) is 14.8 Å². The van der Waals surface area contributed by atoms with Crippen molar-refractivity contribution >= 4 is 15.7 Å². The molecule has 0 saturated heterocycles. The average Bonchev–Trinajstić information content (AvgIpc) is 2.26. The molecule has 1 rings (SSSR count). The summed E-state index contributed by atoms with van der Waals surface area (Å²) in [5, 5.41) is 0. The maximum Gasteiger partial charge on any atom is 0.214 e. The summed E-state index contributed by atoms with van der Waals surface area (Å²) in [5.74, 6) is -0.0550. The Kier molecular flexibility index (Phi) is 4.92. The van der Waals surface area contributed by atoms with Gasteiger partial charge in [0.05, 0.1) is 12.4 Å². The van der Waals surface area contributed by atoms with Gasteiger partial charge in [-0.1, -0.05) is 18.2 Å². The lowest BCUT2D eigenvalue weighted by Crippen LogP contribution is -2.31. The zero-order chi connectivity index (χ0) is 12.9. The van der Waals surface area contributed by atoms with E-state index < -0.39 is 10.0 Å². The Morgan fingerprint density at radius 2 is 2.06 bits per heavy atom. The second kappa shape index (κ2) is 6.00. The van der Waals surface area contributed by atoms with Crippen LogP contribution in [0.2, 0.25) is 0 Å². The molecule has 1 unspecified atom stereocenters. The van der Waals surface area contributed by atoms with Crippen molar-refractivity contribution in [2.24, 2.45) is 0 Å².